The van der Waals surface area contributed by atoms with Crippen LogP contribution in [0, 0.1) is 0 Å². The lowest BCUT2D eigenvalue weighted by Crippen LogP contribution is -3.20. The molecule has 0 aliphatic carbocycles. The van der Waals surface area contributed by atoms with Crippen LogP contribution in [0.15, 0.2) is 24.3 Å². The van der Waals surface area contributed by atoms with Gasteiger partial charge >= 0.3 is 0 Å². The third kappa shape index (κ3) is 2.54. The second-order valence-electron chi connectivity index (χ2n) is 4.52. The van der Waals surface area contributed by atoms with Crippen molar-refractivity contribution in [1.82, 2.24) is 0 Å². The number of nitrogens with two attached hydrogens (primary N) is 1. The van der Waals surface area contributed by atoms with E-state index < -0.39 is 0 Å². The van der Waals surface area contributed by atoms with Gasteiger partial charge in [0, 0.05) is 5.56 Å². The van der Waals surface area contributed by atoms with Gasteiger partial charge in [-0.2, -0.15) is 0 Å². The maximum Gasteiger partial charge on any atom is 0.127 e. The summed E-state index contributed by atoms with van der Waals surface area (Å²) in [6, 6.07) is 9.09. The minimum atomic E-state index is 0.597. The Balaban J connectivity index is 2.04. The summed E-state index contributed by atoms with van der Waals surface area (Å²) in [6.45, 7) is 7.38. The number of piperazine rings is 1. The van der Waals surface area contributed by atoms with Crippen LogP contribution in [0.4, 0.5) is 0 Å². The Kier molecular flexibility index (Phi) is 3.80. The molecule has 1 aromatic rings. The van der Waals surface area contributed by atoms with Gasteiger partial charge in [-0.1, -0.05) is 0 Å². The molecular weight excluding hydrogens is 200 g/mol. The molecular formula is C13H22N2O+2. The molecule has 1 aliphatic rings. The van der Waals surface area contributed by atoms with Gasteiger partial charge in [-0.3, -0.25) is 0 Å². The summed E-state index contributed by atoms with van der Waals surface area (Å²) in [5, 5.41) is 2.41. The Morgan fingerprint density at radius 1 is 1.19 bits per heavy atom. The molecule has 0 unspecified atom stereocenters. The molecule has 3 heteroatoms. The van der Waals surface area contributed by atoms with Gasteiger partial charge in [0.2, 0.25) is 0 Å². The van der Waals surface area contributed by atoms with Gasteiger partial charge in [-0.05, 0) is 31.2 Å². The standard InChI is InChI=1S/C13H20N2O/c1-11(15-9-7-14-8-10-15)12-3-5-13(16-2)6-4-12/h3-6,11,14H,7-10H2,1-2H3/p+2/t11-/m0/s1. The lowest BCUT2D eigenvalue weighted by Gasteiger charge is -2.28. The van der Waals surface area contributed by atoms with Crippen molar-refractivity contribution in [1.29, 1.82) is 0 Å². The van der Waals surface area contributed by atoms with Crippen molar-refractivity contribution in [2.75, 3.05) is 33.3 Å². The molecule has 1 heterocycles. The van der Waals surface area contributed by atoms with Crippen LogP contribution >= 0.6 is 0 Å². The number of quaternary nitrogens is 2. The van der Waals surface area contributed by atoms with Gasteiger partial charge in [0.05, 0.1) is 7.11 Å². The largest absolute Gasteiger partial charge is 0.497 e. The number of benzene rings is 1. The van der Waals surface area contributed by atoms with E-state index in [1.54, 1.807) is 12.0 Å². The maximum absolute atomic E-state index is 5.18. The van der Waals surface area contributed by atoms with E-state index in [9.17, 15) is 0 Å². The minimum Gasteiger partial charge on any atom is -0.497 e. The summed E-state index contributed by atoms with van der Waals surface area (Å²) in [4.78, 5) is 1.70. The fourth-order valence-corrected chi connectivity index (χ4v) is 2.41. The van der Waals surface area contributed by atoms with E-state index in [0.29, 0.717) is 6.04 Å². The molecule has 1 atom stereocenters. The number of ether oxygens (including phenoxy) is 1. The van der Waals surface area contributed by atoms with E-state index in [1.807, 2.05) is 0 Å². The molecule has 0 aromatic heterocycles. The highest BCUT2D eigenvalue weighted by Crippen LogP contribution is 2.15. The first-order valence-electron chi connectivity index (χ1n) is 6.11. The Morgan fingerprint density at radius 3 is 2.38 bits per heavy atom. The van der Waals surface area contributed by atoms with Crippen LogP contribution in [0.2, 0.25) is 0 Å². The number of hydrogen-bond donors (Lipinski definition) is 2. The molecule has 0 spiro atoms. The van der Waals surface area contributed by atoms with Gasteiger partial charge in [-0.25, -0.2) is 0 Å². The molecule has 2 rings (SSSR count). The Labute approximate surface area is 97.4 Å². The van der Waals surface area contributed by atoms with E-state index in [2.05, 4.69) is 36.5 Å². The van der Waals surface area contributed by atoms with E-state index in [4.69, 9.17) is 4.74 Å². The van der Waals surface area contributed by atoms with Crippen LogP contribution in [0.1, 0.15) is 18.5 Å². The Hall–Kier alpha value is -1.06. The fourth-order valence-electron chi connectivity index (χ4n) is 2.41. The molecule has 0 bridgehead atoms. The molecule has 0 radical (unpaired) electrons. The number of methoxy groups -OCH3 is 1. The first-order valence-corrected chi connectivity index (χ1v) is 6.11. The second-order valence-corrected chi connectivity index (χ2v) is 4.52. The van der Waals surface area contributed by atoms with Gasteiger partial charge < -0.3 is 15.0 Å². The SMILES string of the molecule is COc1ccc([C@H](C)[NH+]2CC[NH2+]CC2)cc1. The first-order chi connectivity index (χ1) is 7.81. The topological polar surface area (TPSA) is 30.3 Å². The van der Waals surface area contributed by atoms with Crippen LogP contribution in [-0.4, -0.2) is 33.3 Å². The zero-order valence-electron chi connectivity index (χ0n) is 10.2. The molecule has 3 nitrogen and oxygen atoms in total. The number of rotatable bonds is 3. The normalized spacial score (nSPS) is 19.4. The smallest absolute Gasteiger partial charge is 0.127 e. The van der Waals surface area contributed by atoms with E-state index >= 15 is 0 Å². The zero-order chi connectivity index (χ0) is 11.4. The van der Waals surface area contributed by atoms with Crippen molar-refractivity contribution in [2.24, 2.45) is 0 Å². The summed E-state index contributed by atoms with van der Waals surface area (Å²) in [6.07, 6.45) is 0. The summed E-state index contributed by atoms with van der Waals surface area (Å²) in [5.41, 5.74) is 1.41. The first kappa shape index (κ1) is 11.4. The van der Waals surface area contributed by atoms with E-state index in [0.717, 1.165) is 5.75 Å². The maximum atomic E-state index is 5.18. The summed E-state index contributed by atoms with van der Waals surface area (Å²) >= 11 is 0. The highest BCUT2D eigenvalue weighted by Gasteiger charge is 2.22. The van der Waals surface area contributed by atoms with Crippen LogP contribution in [0.25, 0.3) is 0 Å². The molecule has 16 heavy (non-hydrogen) atoms. The Bertz CT molecular complexity index is 317. The van der Waals surface area contributed by atoms with Gasteiger partial charge in [-0.15, -0.1) is 0 Å². The third-order valence-electron chi connectivity index (χ3n) is 3.57. The van der Waals surface area contributed by atoms with Crippen LogP contribution < -0.4 is 15.0 Å². The molecule has 1 fully saturated rings. The van der Waals surface area contributed by atoms with Crippen LogP contribution in [0.5, 0.6) is 5.75 Å². The lowest BCUT2D eigenvalue weighted by molar-refractivity contribution is -0.970. The predicted octanol–water partition coefficient (Wildman–Crippen LogP) is -0.782. The van der Waals surface area contributed by atoms with Crippen molar-refractivity contribution in [3.05, 3.63) is 29.8 Å². The van der Waals surface area contributed by atoms with Crippen LogP contribution in [0.3, 0.4) is 0 Å². The third-order valence-corrected chi connectivity index (χ3v) is 3.57. The van der Waals surface area contributed by atoms with Gasteiger partial charge in [0.25, 0.3) is 0 Å². The average Bonchev–Trinajstić information content (AvgIpc) is 2.39. The number of nitrogens with one attached hydrogen (secondary N) is 1. The molecule has 1 saturated heterocycles. The second kappa shape index (κ2) is 5.32. The molecule has 0 amide bonds. The van der Waals surface area contributed by atoms with E-state index in [1.165, 1.54) is 31.7 Å². The van der Waals surface area contributed by atoms with Crippen LogP contribution in [-0.2, 0) is 0 Å². The van der Waals surface area contributed by atoms with Gasteiger partial charge in [0.1, 0.15) is 38.0 Å². The lowest BCUT2D eigenvalue weighted by atomic mass is 10.1. The fraction of sp³-hybridized carbons (Fsp3) is 0.538. The number of hydrogen-bond acceptors (Lipinski definition) is 1. The van der Waals surface area contributed by atoms with Crippen molar-refractivity contribution >= 4 is 0 Å². The van der Waals surface area contributed by atoms with Crippen molar-refractivity contribution in [3.8, 4) is 5.75 Å². The van der Waals surface area contributed by atoms with E-state index in [-0.39, 0.29) is 0 Å². The molecule has 0 saturated carbocycles. The highest BCUT2D eigenvalue weighted by atomic mass is 16.5. The van der Waals surface area contributed by atoms with Crippen molar-refractivity contribution in [3.63, 3.8) is 0 Å². The minimum absolute atomic E-state index is 0.597. The predicted molar refractivity (Wildman–Crippen MR) is 63.8 cm³/mol. The average molecular weight is 222 g/mol. The highest BCUT2D eigenvalue weighted by molar-refractivity contribution is 5.28. The van der Waals surface area contributed by atoms with Crippen molar-refractivity contribution < 1.29 is 15.0 Å². The Morgan fingerprint density at radius 2 is 1.81 bits per heavy atom. The molecule has 3 N–H and O–H groups in total. The summed E-state index contributed by atoms with van der Waals surface area (Å²) < 4.78 is 5.18. The zero-order valence-corrected chi connectivity index (χ0v) is 10.2. The molecule has 1 aliphatic heterocycles. The quantitative estimate of drug-likeness (QED) is 0.690. The molecule has 1 aromatic carbocycles. The van der Waals surface area contributed by atoms with Crippen molar-refractivity contribution in [2.45, 2.75) is 13.0 Å². The summed E-state index contributed by atoms with van der Waals surface area (Å²) in [7, 11) is 1.71. The van der Waals surface area contributed by atoms with Gasteiger partial charge in [0.15, 0.2) is 0 Å². The summed E-state index contributed by atoms with van der Waals surface area (Å²) in [5.74, 6) is 0.943. The molecule has 88 valence electrons. The monoisotopic (exact) mass is 222 g/mol.